The van der Waals surface area contributed by atoms with Crippen LogP contribution >= 0.6 is 0 Å². The molecule has 5 heteroatoms. The van der Waals surface area contributed by atoms with Crippen LogP contribution in [0.3, 0.4) is 0 Å². The number of hydrogen-bond donors (Lipinski definition) is 2. The number of nitrogens with one attached hydrogen (secondary N) is 1. The minimum absolute atomic E-state index is 0.268. The second-order valence-corrected chi connectivity index (χ2v) is 6.90. The van der Waals surface area contributed by atoms with Gasteiger partial charge >= 0.3 is 0 Å². The van der Waals surface area contributed by atoms with Crippen LogP contribution in [0.25, 0.3) is 22.0 Å². The van der Waals surface area contributed by atoms with Crippen LogP contribution in [-0.4, -0.2) is 20.0 Å². The maximum Gasteiger partial charge on any atom is 0.136 e. The molecular weight excluding hydrogens is 341 g/mol. The Hall–Kier alpha value is -3.02. The number of pyridine rings is 1. The highest BCUT2D eigenvalue weighted by Gasteiger charge is 2.29. The molecule has 2 aromatic heterocycles. The van der Waals surface area contributed by atoms with Crippen molar-refractivity contribution in [3.8, 4) is 11.1 Å². The first kappa shape index (κ1) is 16.2. The van der Waals surface area contributed by atoms with E-state index in [1.165, 1.54) is 0 Å². The molecule has 0 spiro atoms. The molecule has 1 atom stereocenters. The monoisotopic (exact) mass is 359 g/mol. The summed E-state index contributed by atoms with van der Waals surface area (Å²) in [7, 11) is 0. The van der Waals surface area contributed by atoms with E-state index in [0.717, 1.165) is 33.3 Å². The zero-order chi connectivity index (χ0) is 18.4. The van der Waals surface area contributed by atoms with Gasteiger partial charge in [0.15, 0.2) is 0 Å². The number of aromatic amines is 1. The summed E-state index contributed by atoms with van der Waals surface area (Å²) >= 11 is 0. The van der Waals surface area contributed by atoms with Crippen LogP contribution in [0, 0.1) is 5.82 Å². The van der Waals surface area contributed by atoms with Crippen molar-refractivity contribution in [2.24, 2.45) is 0 Å². The van der Waals surface area contributed by atoms with Crippen molar-refractivity contribution in [3.05, 3.63) is 89.6 Å². The quantitative estimate of drug-likeness (QED) is 0.571. The number of benzene rings is 2. The molecule has 5 rings (SSSR count). The van der Waals surface area contributed by atoms with E-state index in [-0.39, 0.29) is 5.82 Å². The van der Waals surface area contributed by atoms with Gasteiger partial charge in [-0.25, -0.2) is 4.39 Å². The molecule has 0 fully saturated rings. The SMILES string of the molecule is OC1c2cccnc2CN1Cc1ccc(-c2ccc3cc[nH]c3c2)cc1F. The summed E-state index contributed by atoms with van der Waals surface area (Å²) < 4.78 is 14.8. The molecule has 27 heavy (non-hydrogen) atoms. The molecule has 0 radical (unpaired) electrons. The van der Waals surface area contributed by atoms with Crippen molar-refractivity contribution < 1.29 is 9.50 Å². The highest BCUT2D eigenvalue weighted by atomic mass is 19.1. The topological polar surface area (TPSA) is 52.2 Å². The van der Waals surface area contributed by atoms with Gasteiger partial charge in [0.25, 0.3) is 0 Å². The van der Waals surface area contributed by atoms with E-state index in [4.69, 9.17) is 0 Å². The number of halogens is 1. The molecule has 4 aromatic rings. The fraction of sp³-hybridized carbons (Fsp3) is 0.136. The first-order valence-corrected chi connectivity index (χ1v) is 8.91. The maximum atomic E-state index is 14.8. The Morgan fingerprint density at radius 3 is 2.81 bits per heavy atom. The lowest BCUT2D eigenvalue weighted by atomic mass is 10.0. The number of aliphatic hydroxyl groups excluding tert-OH is 1. The lowest BCUT2D eigenvalue weighted by molar-refractivity contribution is 0.00695. The molecule has 0 saturated heterocycles. The van der Waals surface area contributed by atoms with Gasteiger partial charge in [-0.3, -0.25) is 9.88 Å². The molecule has 2 N–H and O–H groups in total. The summed E-state index contributed by atoms with van der Waals surface area (Å²) in [4.78, 5) is 9.30. The standard InChI is InChI=1S/C22H18FN3O/c23-19-10-15(16-4-3-14-7-9-25-20(14)11-16)5-6-17(19)12-26-13-21-18(22(26)27)2-1-8-24-21/h1-11,22,25,27H,12-13H2. The first-order valence-electron chi connectivity index (χ1n) is 8.91. The van der Waals surface area contributed by atoms with Gasteiger partial charge in [-0.2, -0.15) is 0 Å². The van der Waals surface area contributed by atoms with E-state index in [1.807, 2.05) is 53.6 Å². The van der Waals surface area contributed by atoms with Crippen molar-refractivity contribution in [2.45, 2.75) is 19.3 Å². The van der Waals surface area contributed by atoms with Crippen LogP contribution in [0.15, 0.2) is 67.0 Å². The third-order valence-electron chi connectivity index (χ3n) is 5.22. The number of hydrogen-bond acceptors (Lipinski definition) is 3. The van der Waals surface area contributed by atoms with Gasteiger partial charge in [-0.1, -0.05) is 30.3 Å². The summed E-state index contributed by atoms with van der Waals surface area (Å²) in [5.41, 5.74) is 5.04. The molecule has 1 aliphatic heterocycles. The van der Waals surface area contributed by atoms with Gasteiger partial charge in [0.1, 0.15) is 12.0 Å². The molecule has 4 nitrogen and oxygen atoms in total. The number of H-pyrrole nitrogens is 1. The molecule has 1 unspecified atom stereocenters. The van der Waals surface area contributed by atoms with Gasteiger partial charge in [-0.15, -0.1) is 0 Å². The predicted octanol–water partition coefficient (Wildman–Crippen LogP) is 4.38. The second kappa shape index (κ2) is 6.30. The number of nitrogens with zero attached hydrogens (tertiary/aromatic N) is 2. The minimum Gasteiger partial charge on any atom is -0.374 e. The number of rotatable bonds is 3. The van der Waals surface area contributed by atoms with Gasteiger partial charge in [0, 0.05) is 42.1 Å². The van der Waals surface area contributed by atoms with Crippen molar-refractivity contribution in [3.63, 3.8) is 0 Å². The Morgan fingerprint density at radius 2 is 1.96 bits per heavy atom. The second-order valence-electron chi connectivity index (χ2n) is 6.90. The Bertz CT molecular complexity index is 1140. The number of aliphatic hydroxyl groups is 1. The summed E-state index contributed by atoms with van der Waals surface area (Å²) in [5.74, 6) is -0.268. The molecule has 3 heterocycles. The van der Waals surface area contributed by atoms with E-state index < -0.39 is 6.23 Å². The largest absolute Gasteiger partial charge is 0.374 e. The molecule has 1 aliphatic rings. The smallest absolute Gasteiger partial charge is 0.136 e. The van der Waals surface area contributed by atoms with Crippen LogP contribution in [0.4, 0.5) is 4.39 Å². The van der Waals surface area contributed by atoms with Crippen LogP contribution < -0.4 is 0 Å². The van der Waals surface area contributed by atoms with E-state index >= 15 is 0 Å². The van der Waals surface area contributed by atoms with Crippen LogP contribution in [-0.2, 0) is 13.1 Å². The zero-order valence-corrected chi connectivity index (χ0v) is 14.6. The van der Waals surface area contributed by atoms with Crippen molar-refractivity contribution in [2.75, 3.05) is 0 Å². The van der Waals surface area contributed by atoms with Gasteiger partial charge in [0.2, 0.25) is 0 Å². The van der Waals surface area contributed by atoms with Crippen molar-refractivity contribution in [1.29, 1.82) is 0 Å². The Labute approximate surface area is 155 Å². The summed E-state index contributed by atoms with van der Waals surface area (Å²) in [6.45, 7) is 0.849. The fourth-order valence-electron chi connectivity index (χ4n) is 3.74. The highest BCUT2D eigenvalue weighted by molar-refractivity contribution is 5.84. The summed E-state index contributed by atoms with van der Waals surface area (Å²) in [5, 5.41) is 11.6. The molecule has 2 aromatic carbocycles. The summed E-state index contributed by atoms with van der Waals surface area (Å²) in [6, 6.07) is 17.0. The predicted molar refractivity (Wildman–Crippen MR) is 102 cm³/mol. The third-order valence-corrected chi connectivity index (χ3v) is 5.22. The lowest BCUT2D eigenvalue weighted by Crippen LogP contribution is -2.22. The maximum absolute atomic E-state index is 14.8. The number of aromatic nitrogens is 2. The van der Waals surface area contributed by atoms with E-state index in [9.17, 15) is 9.50 Å². The summed E-state index contributed by atoms with van der Waals surface area (Å²) in [6.07, 6.45) is 2.86. The highest BCUT2D eigenvalue weighted by Crippen LogP contribution is 2.32. The molecule has 0 saturated carbocycles. The Kier molecular flexibility index (Phi) is 3.77. The molecule has 0 amide bonds. The fourth-order valence-corrected chi connectivity index (χ4v) is 3.74. The average Bonchev–Trinajstić information content (AvgIpc) is 3.28. The van der Waals surface area contributed by atoms with Crippen molar-refractivity contribution >= 4 is 10.9 Å². The van der Waals surface area contributed by atoms with E-state index in [1.54, 1.807) is 18.3 Å². The molecule has 134 valence electrons. The Morgan fingerprint density at radius 1 is 1.11 bits per heavy atom. The minimum atomic E-state index is -0.747. The van der Waals surface area contributed by atoms with Crippen LogP contribution in [0.2, 0.25) is 0 Å². The van der Waals surface area contributed by atoms with Gasteiger partial charge in [-0.05, 0) is 40.8 Å². The lowest BCUT2D eigenvalue weighted by Gasteiger charge is -2.20. The zero-order valence-electron chi connectivity index (χ0n) is 14.6. The molecular formula is C22H18FN3O. The van der Waals surface area contributed by atoms with Crippen LogP contribution in [0.1, 0.15) is 23.0 Å². The molecule has 0 bridgehead atoms. The van der Waals surface area contributed by atoms with E-state index in [2.05, 4.69) is 9.97 Å². The van der Waals surface area contributed by atoms with E-state index in [0.29, 0.717) is 18.7 Å². The third kappa shape index (κ3) is 2.81. The van der Waals surface area contributed by atoms with Gasteiger partial charge in [0.05, 0.1) is 5.69 Å². The number of fused-ring (bicyclic) bond motifs is 2. The van der Waals surface area contributed by atoms with Crippen molar-refractivity contribution in [1.82, 2.24) is 14.9 Å². The van der Waals surface area contributed by atoms with Gasteiger partial charge < -0.3 is 10.1 Å². The molecule has 0 aliphatic carbocycles. The normalized spacial score (nSPS) is 16.7. The average molecular weight is 359 g/mol. The Balaban J connectivity index is 1.40. The first-order chi connectivity index (χ1) is 13.2. The van der Waals surface area contributed by atoms with Crippen LogP contribution in [0.5, 0.6) is 0 Å².